The molecule has 1 unspecified atom stereocenters. The zero-order valence-electron chi connectivity index (χ0n) is 10.1. The molecule has 0 aliphatic carbocycles. The monoisotopic (exact) mass is 210 g/mol. The Morgan fingerprint density at radius 3 is 2.60 bits per heavy atom. The summed E-state index contributed by atoms with van der Waals surface area (Å²) in [6.07, 6.45) is 3.72. The van der Waals surface area contributed by atoms with Gasteiger partial charge in [0.25, 0.3) is 0 Å². The summed E-state index contributed by atoms with van der Waals surface area (Å²) in [5.74, 6) is 0.650. The Bertz CT molecular complexity index is 293. The maximum atomic E-state index is 5.83. The van der Waals surface area contributed by atoms with E-state index in [1.54, 1.807) is 0 Å². The molecule has 86 valence electrons. The zero-order valence-corrected chi connectivity index (χ0v) is 10.1. The molecular weight excluding hydrogens is 188 g/mol. The third-order valence-electron chi connectivity index (χ3n) is 2.60. The van der Waals surface area contributed by atoms with Gasteiger partial charge < -0.3 is 10.3 Å². The fourth-order valence-corrected chi connectivity index (χ4v) is 1.92. The van der Waals surface area contributed by atoms with E-state index in [0.29, 0.717) is 12.5 Å². The minimum atomic E-state index is 0.264. The van der Waals surface area contributed by atoms with Crippen LogP contribution in [0.25, 0.3) is 0 Å². The highest BCUT2D eigenvalue weighted by Crippen LogP contribution is 2.17. The average molecular weight is 210 g/mol. The maximum absolute atomic E-state index is 5.83. The van der Waals surface area contributed by atoms with E-state index in [-0.39, 0.29) is 6.04 Å². The summed E-state index contributed by atoms with van der Waals surface area (Å²) in [4.78, 5) is 6.43. The Morgan fingerprint density at radius 2 is 2.20 bits per heavy atom. The van der Waals surface area contributed by atoms with Crippen LogP contribution in [0.15, 0.2) is 12.5 Å². The molecule has 1 rings (SSSR count). The molecule has 0 amide bonds. The number of hydrogen-bond donors (Lipinski definition) is 1. The molecule has 1 atom stereocenters. The van der Waals surface area contributed by atoms with Gasteiger partial charge in [-0.15, -0.1) is 0 Å². The molecule has 0 aromatic carbocycles. The van der Waals surface area contributed by atoms with Gasteiger partial charge in [0, 0.05) is 26.3 Å². The Kier molecular flexibility index (Phi) is 4.29. The number of rotatable bonds is 5. The highest BCUT2D eigenvalue weighted by atomic mass is 15.2. The number of nitrogens with zero attached hydrogens (tertiary/aromatic N) is 3. The number of imidazole rings is 1. The molecule has 15 heavy (non-hydrogen) atoms. The van der Waals surface area contributed by atoms with Gasteiger partial charge in [-0.25, -0.2) is 4.98 Å². The number of hydrogen-bond acceptors (Lipinski definition) is 3. The van der Waals surface area contributed by atoms with E-state index < -0.39 is 0 Å². The van der Waals surface area contributed by atoms with Crippen LogP contribution in [0.3, 0.4) is 0 Å². The molecular formula is C11H22N4. The second-order valence-electron chi connectivity index (χ2n) is 4.51. The molecule has 0 aliphatic heterocycles. The van der Waals surface area contributed by atoms with Gasteiger partial charge in [0.05, 0.1) is 18.1 Å². The van der Waals surface area contributed by atoms with Gasteiger partial charge in [-0.2, -0.15) is 0 Å². The van der Waals surface area contributed by atoms with Crippen molar-refractivity contribution in [1.82, 2.24) is 14.5 Å². The van der Waals surface area contributed by atoms with E-state index in [1.165, 1.54) is 5.69 Å². The Labute approximate surface area is 92.1 Å². The topological polar surface area (TPSA) is 47.1 Å². The Hall–Kier alpha value is -0.870. The Balaban J connectivity index is 2.75. The lowest BCUT2D eigenvalue weighted by Gasteiger charge is -2.28. The van der Waals surface area contributed by atoms with Crippen molar-refractivity contribution < 1.29 is 0 Å². The predicted molar refractivity (Wildman–Crippen MR) is 62.5 cm³/mol. The largest absolute Gasteiger partial charge is 0.336 e. The van der Waals surface area contributed by atoms with Crippen LogP contribution in [0.4, 0.5) is 0 Å². The first kappa shape index (κ1) is 12.2. The SMILES string of the molecule is CC(C)CN(C)C(CN)c1cncn1C. The van der Waals surface area contributed by atoms with E-state index in [2.05, 4.69) is 30.8 Å². The lowest BCUT2D eigenvalue weighted by molar-refractivity contribution is 0.217. The highest BCUT2D eigenvalue weighted by molar-refractivity contribution is 5.05. The molecule has 2 N–H and O–H groups in total. The van der Waals surface area contributed by atoms with E-state index >= 15 is 0 Å². The van der Waals surface area contributed by atoms with Crippen molar-refractivity contribution in [3.05, 3.63) is 18.2 Å². The van der Waals surface area contributed by atoms with Crippen molar-refractivity contribution in [1.29, 1.82) is 0 Å². The van der Waals surface area contributed by atoms with Crippen LogP contribution in [0.1, 0.15) is 25.6 Å². The van der Waals surface area contributed by atoms with Crippen molar-refractivity contribution in [2.75, 3.05) is 20.1 Å². The summed E-state index contributed by atoms with van der Waals surface area (Å²) in [7, 11) is 4.12. The minimum absolute atomic E-state index is 0.264. The second kappa shape index (κ2) is 5.28. The summed E-state index contributed by atoms with van der Waals surface area (Å²) in [6.45, 7) is 6.11. The van der Waals surface area contributed by atoms with Gasteiger partial charge in [0.1, 0.15) is 0 Å². The van der Waals surface area contributed by atoms with Gasteiger partial charge in [-0.1, -0.05) is 13.8 Å². The first-order valence-corrected chi connectivity index (χ1v) is 5.42. The normalized spacial score (nSPS) is 13.8. The lowest BCUT2D eigenvalue weighted by atomic mass is 10.1. The summed E-state index contributed by atoms with van der Waals surface area (Å²) < 4.78 is 2.04. The van der Waals surface area contributed by atoms with Crippen LogP contribution in [0, 0.1) is 5.92 Å². The van der Waals surface area contributed by atoms with E-state index in [9.17, 15) is 0 Å². The molecule has 4 heteroatoms. The molecule has 1 heterocycles. The molecule has 0 bridgehead atoms. The summed E-state index contributed by atoms with van der Waals surface area (Å²) in [5, 5.41) is 0. The van der Waals surface area contributed by atoms with Crippen LogP contribution < -0.4 is 5.73 Å². The van der Waals surface area contributed by atoms with Gasteiger partial charge in [0.2, 0.25) is 0 Å². The van der Waals surface area contributed by atoms with Crippen LogP contribution in [0.2, 0.25) is 0 Å². The first-order chi connectivity index (χ1) is 7.06. The number of aromatic nitrogens is 2. The molecule has 0 radical (unpaired) electrons. The van der Waals surface area contributed by atoms with E-state index in [1.807, 2.05) is 24.1 Å². The summed E-state index contributed by atoms with van der Waals surface area (Å²) in [5.41, 5.74) is 7.01. The van der Waals surface area contributed by atoms with Gasteiger partial charge in [-0.3, -0.25) is 4.90 Å². The second-order valence-corrected chi connectivity index (χ2v) is 4.51. The van der Waals surface area contributed by atoms with E-state index in [0.717, 1.165) is 6.54 Å². The third kappa shape index (κ3) is 3.04. The Morgan fingerprint density at radius 1 is 1.53 bits per heavy atom. The van der Waals surface area contributed by atoms with Crippen molar-refractivity contribution in [3.63, 3.8) is 0 Å². The van der Waals surface area contributed by atoms with Crippen LogP contribution in [0.5, 0.6) is 0 Å². The molecule has 0 saturated carbocycles. The third-order valence-corrected chi connectivity index (χ3v) is 2.60. The van der Waals surface area contributed by atoms with Gasteiger partial charge in [0.15, 0.2) is 0 Å². The molecule has 1 aromatic rings. The fraction of sp³-hybridized carbons (Fsp3) is 0.727. The smallest absolute Gasteiger partial charge is 0.0946 e. The van der Waals surface area contributed by atoms with Crippen LogP contribution >= 0.6 is 0 Å². The minimum Gasteiger partial charge on any atom is -0.336 e. The molecule has 0 aliphatic rings. The highest BCUT2D eigenvalue weighted by Gasteiger charge is 2.18. The van der Waals surface area contributed by atoms with Crippen molar-refractivity contribution >= 4 is 0 Å². The maximum Gasteiger partial charge on any atom is 0.0946 e. The molecule has 0 saturated heterocycles. The van der Waals surface area contributed by atoms with Gasteiger partial charge in [-0.05, 0) is 13.0 Å². The molecule has 0 spiro atoms. The summed E-state index contributed by atoms with van der Waals surface area (Å²) in [6, 6.07) is 0.264. The standard InChI is InChI=1S/C11H22N4/c1-9(2)7-14(3)10(5-12)11-6-13-8-15(11)4/h6,8-10H,5,7,12H2,1-4H3. The number of aryl methyl sites for hydroxylation is 1. The average Bonchev–Trinajstić information content (AvgIpc) is 2.52. The number of likely N-dealkylation sites (N-methyl/N-ethyl adjacent to an activating group) is 1. The molecule has 0 fully saturated rings. The zero-order chi connectivity index (χ0) is 11.4. The van der Waals surface area contributed by atoms with Crippen molar-refractivity contribution in [2.45, 2.75) is 19.9 Å². The van der Waals surface area contributed by atoms with E-state index in [4.69, 9.17) is 5.73 Å². The quantitative estimate of drug-likeness (QED) is 0.789. The van der Waals surface area contributed by atoms with Crippen LogP contribution in [-0.2, 0) is 7.05 Å². The predicted octanol–water partition coefficient (Wildman–Crippen LogP) is 1.01. The lowest BCUT2D eigenvalue weighted by Crippen LogP contribution is -2.34. The van der Waals surface area contributed by atoms with Gasteiger partial charge >= 0.3 is 0 Å². The van der Waals surface area contributed by atoms with Crippen molar-refractivity contribution in [2.24, 2.45) is 18.7 Å². The fourth-order valence-electron chi connectivity index (χ4n) is 1.92. The summed E-state index contributed by atoms with van der Waals surface area (Å²) >= 11 is 0. The number of nitrogens with two attached hydrogens (primary N) is 1. The first-order valence-electron chi connectivity index (χ1n) is 5.42. The molecule has 1 aromatic heterocycles. The van der Waals surface area contributed by atoms with Crippen molar-refractivity contribution in [3.8, 4) is 0 Å². The van der Waals surface area contributed by atoms with Crippen LogP contribution in [-0.4, -0.2) is 34.6 Å². The molecule has 4 nitrogen and oxygen atoms in total.